The predicted molar refractivity (Wildman–Crippen MR) is 83.5 cm³/mol. The molecule has 7 heteroatoms. The van der Waals surface area contributed by atoms with E-state index in [4.69, 9.17) is 0 Å². The van der Waals surface area contributed by atoms with Gasteiger partial charge in [0.25, 0.3) is 0 Å². The summed E-state index contributed by atoms with van der Waals surface area (Å²) in [6.07, 6.45) is -5.13. The van der Waals surface area contributed by atoms with Gasteiger partial charge in [-0.15, -0.1) is 0 Å². The fourth-order valence-corrected chi connectivity index (χ4v) is 2.55. The first-order valence-corrected chi connectivity index (χ1v) is 7.27. The summed E-state index contributed by atoms with van der Waals surface area (Å²) in [4.78, 5) is 13.9. The number of nitrogens with one attached hydrogen (secondary N) is 2. The zero-order valence-electron chi connectivity index (χ0n) is 12.9. The molecule has 126 valence electrons. The predicted octanol–water partition coefficient (Wildman–Crippen LogP) is 3.28. The molecule has 4 nitrogen and oxygen atoms in total. The van der Waals surface area contributed by atoms with Gasteiger partial charge in [0, 0.05) is 17.1 Å². The standard InChI is InChI=1S/C16H19F3N2O2/c1-10(2)8-15(23,16(17,18)19)9-20-12-4-3-5-13-11(12)6-7-14(22)21-13/h3-7,10,20,23H,8-9H2,1-2H3,(H,21,22). The van der Waals surface area contributed by atoms with Crippen LogP contribution in [0.1, 0.15) is 20.3 Å². The molecule has 0 aliphatic rings. The van der Waals surface area contributed by atoms with Crippen molar-refractivity contribution < 1.29 is 18.3 Å². The lowest BCUT2D eigenvalue weighted by Crippen LogP contribution is -2.51. The molecule has 1 aromatic heterocycles. The average Bonchev–Trinajstić information content (AvgIpc) is 2.42. The number of pyridine rings is 1. The number of hydrogen-bond acceptors (Lipinski definition) is 3. The largest absolute Gasteiger partial charge is 0.418 e. The van der Waals surface area contributed by atoms with Crippen molar-refractivity contribution in [2.24, 2.45) is 5.92 Å². The third kappa shape index (κ3) is 3.85. The van der Waals surface area contributed by atoms with E-state index in [2.05, 4.69) is 10.3 Å². The van der Waals surface area contributed by atoms with Gasteiger partial charge in [0.1, 0.15) is 0 Å². The number of alkyl halides is 3. The van der Waals surface area contributed by atoms with Crippen LogP contribution >= 0.6 is 0 Å². The van der Waals surface area contributed by atoms with Crippen molar-refractivity contribution in [2.75, 3.05) is 11.9 Å². The van der Waals surface area contributed by atoms with Crippen LogP contribution in [-0.4, -0.2) is 28.4 Å². The molecule has 0 spiro atoms. The zero-order chi connectivity index (χ0) is 17.3. The maximum absolute atomic E-state index is 13.2. The summed E-state index contributed by atoms with van der Waals surface area (Å²) in [5, 5.41) is 13.3. The Bertz CT molecular complexity index is 740. The number of aromatic nitrogens is 1. The van der Waals surface area contributed by atoms with Gasteiger partial charge < -0.3 is 15.4 Å². The Morgan fingerprint density at radius 3 is 2.52 bits per heavy atom. The van der Waals surface area contributed by atoms with E-state index in [1.807, 2.05) is 0 Å². The number of benzene rings is 1. The fraction of sp³-hybridized carbons (Fsp3) is 0.438. The summed E-state index contributed by atoms with van der Waals surface area (Å²) in [5.74, 6) is -0.313. The summed E-state index contributed by atoms with van der Waals surface area (Å²) >= 11 is 0. The minimum atomic E-state index is -4.73. The molecule has 2 rings (SSSR count). The van der Waals surface area contributed by atoms with Crippen molar-refractivity contribution in [1.29, 1.82) is 0 Å². The molecular formula is C16H19F3N2O2. The van der Waals surface area contributed by atoms with Gasteiger partial charge in [0.15, 0.2) is 5.60 Å². The molecule has 0 amide bonds. The molecule has 2 aromatic rings. The van der Waals surface area contributed by atoms with Crippen molar-refractivity contribution in [1.82, 2.24) is 4.98 Å². The quantitative estimate of drug-likeness (QED) is 0.789. The molecule has 1 heterocycles. The van der Waals surface area contributed by atoms with E-state index in [9.17, 15) is 23.1 Å². The van der Waals surface area contributed by atoms with Gasteiger partial charge in [0.05, 0.1) is 12.1 Å². The van der Waals surface area contributed by atoms with Crippen molar-refractivity contribution in [3.8, 4) is 0 Å². The lowest BCUT2D eigenvalue weighted by molar-refractivity contribution is -0.259. The number of H-pyrrole nitrogens is 1. The van der Waals surface area contributed by atoms with Crippen LogP contribution in [0.3, 0.4) is 0 Å². The van der Waals surface area contributed by atoms with Crippen LogP contribution in [0.15, 0.2) is 35.1 Å². The second-order valence-electron chi connectivity index (χ2n) is 6.07. The van der Waals surface area contributed by atoms with Crippen LogP contribution in [0.5, 0.6) is 0 Å². The van der Waals surface area contributed by atoms with Crippen LogP contribution < -0.4 is 10.9 Å². The van der Waals surface area contributed by atoms with Gasteiger partial charge in [0.2, 0.25) is 5.56 Å². The van der Waals surface area contributed by atoms with Gasteiger partial charge in [-0.05, 0) is 30.5 Å². The van der Waals surface area contributed by atoms with Crippen LogP contribution in [0.25, 0.3) is 10.9 Å². The molecule has 0 fully saturated rings. The summed E-state index contributed by atoms with van der Waals surface area (Å²) in [6, 6.07) is 7.72. The first-order chi connectivity index (χ1) is 10.6. The molecule has 1 aromatic carbocycles. The van der Waals surface area contributed by atoms with E-state index in [0.717, 1.165) is 0 Å². The van der Waals surface area contributed by atoms with E-state index < -0.39 is 24.7 Å². The average molecular weight is 328 g/mol. The minimum Gasteiger partial charge on any atom is -0.381 e. The molecular weight excluding hydrogens is 309 g/mol. The molecule has 1 atom stereocenters. The van der Waals surface area contributed by atoms with Crippen molar-refractivity contribution in [3.05, 3.63) is 40.7 Å². The summed E-state index contributed by atoms with van der Waals surface area (Å²) < 4.78 is 39.6. The fourth-order valence-electron chi connectivity index (χ4n) is 2.55. The number of anilines is 1. The highest BCUT2D eigenvalue weighted by Crippen LogP contribution is 2.36. The normalized spacial score (nSPS) is 14.9. The topological polar surface area (TPSA) is 65.1 Å². The number of halogens is 3. The highest BCUT2D eigenvalue weighted by molar-refractivity contribution is 5.91. The Morgan fingerprint density at radius 2 is 1.91 bits per heavy atom. The maximum atomic E-state index is 13.2. The zero-order valence-corrected chi connectivity index (χ0v) is 12.9. The highest BCUT2D eigenvalue weighted by atomic mass is 19.4. The van der Waals surface area contributed by atoms with Crippen molar-refractivity contribution in [3.63, 3.8) is 0 Å². The van der Waals surface area contributed by atoms with E-state index in [1.54, 1.807) is 32.0 Å². The van der Waals surface area contributed by atoms with Gasteiger partial charge in [-0.2, -0.15) is 13.2 Å². The lowest BCUT2D eigenvalue weighted by Gasteiger charge is -2.32. The smallest absolute Gasteiger partial charge is 0.381 e. The van der Waals surface area contributed by atoms with Gasteiger partial charge in [-0.25, -0.2) is 0 Å². The second kappa shape index (κ2) is 6.23. The summed E-state index contributed by atoms with van der Waals surface area (Å²) in [7, 11) is 0. The third-order valence-corrected chi connectivity index (χ3v) is 3.61. The van der Waals surface area contributed by atoms with E-state index in [-0.39, 0.29) is 11.5 Å². The molecule has 0 radical (unpaired) electrons. The Balaban J connectivity index is 2.30. The third-order valence-electron chi connectivity index (χ3n) is 3.61. The van der Waals surface area contributed by atoms with Crippen molar-refractivity contribution in [2.45, 2.75) is 32.0 Å². The number of rotatable bonds is 5. The van der Waals surface area contributed by atoms with Crippen LogP contribution in [-0.2, 0) is 0 Å². The molecule has 0 bridgehead atoms. The monoisotopic (exact) mass is 328 g/mol. The van der Waals surface area contributed by atoms with Gasteiger partial charge in [-0.1, -0.05) is 19.9 Å². The minimum absolute atomic E-state index is 0.291. The Hall–Kier alpha value is -2.02. The second-order valence-corrected chi connectivity index (χ2v) is 6.07. The lowest BCUT2D eigenvalue weighted by atomic mass is 9.91. The van der Waals surface area contributed by atoms with Crippen LogP contribution in [0.2, 0.25) is 0 Å². The first kappa shape index (κ1) is 17.3. The first-order valence-electron chi connectivity index (χ1n) is 7.27. The Kier molecular flexibility index (Phi) is 4.70. The Labute approximate surface area is 131 Å². The molecule has 0 aliphatic heterocycles. The molecule has 0 saturated heterocycles. The highest BCUT2D eigenvalue weighted by Gasteiger charge is 2.53. The molecule has 0 aliphatic carbocycles. The molecule has 3 N–H and O–H groups in total. The summed E-state index contributed by atoms with van der Waals surface area (Å²) in [6.45, 7) is 2.59. The SMILES string of the molecule is CC(C)CC(O)(CNc1cccc2[nH]c(=O)ccc12)C(F)(F)F. The number of aromatic amines is 1. The van der Waals surface area contributed by atoms with Gasteiger partial charge >= 0.3 is 6.18 Å². The molecule has 23 heavy (non-hydrogen) atoms. The number of fused-ring (bicyclic) bond motifs is 1. The van der Waals surface area contributed by atoms with Crippen LogP contribution in [0.4, 0.5) is 18.9 Å². The van der Waals surface area contributed by atoms with Gasteiger partial charge in [-0.3, -0.25) is 4.79 Å². The Morgan fingerprint density at radius 1 is 1.22 bits per heavy atom. The summed E-state index contributed by atoms with van der Waals surface area (Å²) in [5.41, 5.74) is -2.17. The van der Waals surface area contributed by atoms with Crippen LogP contribution in [0, 0.1) is 5.92 Å². The molecule has 0 saturated carbocycles. The van der Waals surface area contributed by atoms with E-state index in [1.165, 1.54) is 12.1 Å². The van der Waals surface area contributed by atoms with Crippen molar-refractivity contribution >= 4 is 16.6 Å². The number of aliphatic hydroxyl groups is 1. The maximum Gasteiger partial charge on any atom is 0.418 e. The van der Waals surface area contributed by atoms with E-state index in [0.29, 0.717) is 16.6 Å². The number of hydrogen-bond donors (Lipinski definition) is 3. The van der Waals surface area contributed by atoms with E-state index >= 15 is 0 Å². The molecule has 1 unspecified atom stereocenters.